The van der Waals surface area contributed by atoms with Gasteiger partial charge in [-0.1, -0.05) is 45.1 Å². The third kappa shape index (κ3) is 5.91. The molecule has 0 radical (unpaired) electrons. The fourth-order valence-electron chi connectivity index (χ4n) is 3.46. The average molecular weight is 401 g/mol. The van der Waals surface area contributed by atoms with Crippen LogP contribution in [0.5, 0.6) is 0 Å². The second-order valence-electron chi connectivity index (χ2n) is 7.96. The lowest BCUT2D eigenvalue weighted by Crippen LogP contribution is -2.36. The predicted molar refractivity (Wildman–Crippen MR) is 123 cm³/mol. The minimum atomic E-state index is -0.0162. The molecule has 0 aromatic rings. The Morgan fingerprint density at radius 1 is 1.36 bits per heavy atom. The molecule has 0 spiro atoms. The van der Waals surface area contributed by atoms with Gasteiger partial charge in [0.05, 0.1) is 5.70 Å². The number of thioether (sulfide) groups is 1. The van der Waals surface area contributed by atoms with Crippen molar-refractivity contribution >= 4 is 17.7 Å². The molecule has 0 aromatic carbocycles. The van der Waals surface area contributed by atoms with E-state index in [2.05, 4.69) is 74.6 Å². The Hall–Kier alpha value is -1.68. The lowest BCUT2D eigenvalue weighted by atomic mass is 10.0. The first-order valence-electron chi connectivity index (χ1n) is 10.4. The van der Waals surface area contributed by atoms with Crippen molar-refractivity contribution in [3.8, 4) is 0 Å². The largest absolute Gasteiger partial charge is 0.346 e. The molecule has 1 heterocycles. The number of hydrogen-bond acceptors (Lipinski definition) is 3. The first-order valence-corrected chi connectivity index (χ1v) is 11.6. The van der Waals surface area contributed by atoms with Crippen LogP contribution in [0.15, 0.2) is 59.6 Å². The maximum Gasteiger partial charge on any atom is 0.230 e. The summed E-state index contributed by atoms with van der Waals surface area (Å²) in [6, 6.07) is 0. The highest BCUT2D eigenvalue weighted by Gasteiger charge is 2.26. The molecular formula is C24H36N2OS. The van der Waals surface area contributed by atoms with Crippen LogP contribution in [0.3, 0.4) is 0 Å². The molecule has 2 aliphatic rings. The molecular weight excluding hydrogens is 364 g/mol. The van der Waals surface area contributed by atoms with Crippen molar-refractivity contribution in [2.75, 3.05) is 19.8 Å². The Kier molecular flexibility index (Phi) is 8.68. The lowest BCUT2D eigenvalue weighted by molar-refractivity contribution is -0.131. The molecule has 3 nitrogen and oxygen atoms in total. The van der Waals surface area contributed by atoms with E-state index in [0.29, 0.717) is 11.2 Å². The van der Waals surface area contributed by atoms with Gasteiger partial charge in [-0.05, 0) is 56.1 Å². The third-order valence-corrected chi connectivity index (χ3v) is 6.88. The number of hydrogen-bond donors (Lipinski definition) is 0. The van der Waals surface area contributed by atoms with E-state index in [1.54, 1.807) is 11.8 Å². The summed E-state index contributed by atoms with van der Waals surface area (Å²) < 4.78 is 0. The molecule has 0 saturated carbocycles. The van der Waals surface area contributed by atoms with E-state index in [9.17, 15) is 4.79 Å². The van der Waals surface area contributed by atoms with Gasteiger partial charge in [-0.3, -0.25) is 4.79 Å². The Morgan fingerprint density at radius 2 is 2.11 bits per heavy atom. The zero-order valence-corrected chi connectivity index (χ0v) is 19.1. The highest BCUT2D eigenvalue weighted by atomic mass is 32.2. The van der Waals surface area contributed by atoms with Gasteiger partial charge in [0.2, 0.25) is 5.91 Å². The zero-order valence-electron chi connectivity index (χ0n) is 18.3. The normalized spacial score (nSPS) is 22.7. The van der Waals surface area contributed by atoms with Crippen molar-refractivity contribution in [2.24, 2.45) is 11.8 Å². The van der Waals surface area contributed by atoms with Gasteiger partial charge in [0, 0.05) is 36.7 Å². The summed E-state index contributed by atoms with van der Waals surface area (Å²) in [7, 11) is 1.92. The predicted octanol–water partition coefficient (Wildman–Crippen LogP) is 5.75. The Bertz CT molecular complexity index is 701. The second-order valence-corrected chi connectivity index (χ2v) is 9.17. The topological polar surface area (TPSA) is 23.6 Å². The number of amides is 1. The van der Waals surface area contributed by atoms with Crippen LogP contribution >= 0.6 is 11.8 Å². The highest BCUT2D eigenvalue weighted by molar-refractivity contribution is 7.99. The van der Waals surface area contributed by atoms with Gasteiger partial charge in [-0.2, -0.15) is 11.8 Å². The van der Waals surface area contributed by atoms with Gasteiger partial charge in [-0.25, -0.2) is 0 Å². The molecule has 28 heavy (non-hydrogen) atoms. The third-order valence-electron chi connectivity index (χ3n) is 5.73. The highest BCUT2D eigenvalue weighted by Crippen LogP contribution is 2.26. The monoisotopic (exact) mass is 400 g/mol. The molecule has 3 unspecified atom stereocenters. The minimum Gasteiger partial charge on any atom is -0.346 e. The van der Waals surface area contributed by atoms with E-state index in [4.69, 9.17) is 0 Å². The van der Waals surface area contributed by atoms with Crippen LogP contribution in [0.4, 0.5) is 0 Å². The standard InChI is InChI=1S/C24H36N2OS/c1-18-11-9-14-22(15-10-12-18)26-16-8-7-13-19(2)23(17-26)25(5)24(27)20(3)21(4)28-6/h9-11,13-15,17-18,20-21H,7-8,12,16H2,1-6H3. The number of carbonyl (C=O) groups is 1. The summed E-state index contributed by atoms with van der Waals surface area (Å²) in [5.41, 5.74) is 3.35. The van der Waals surface area contributed by atoms with Crippen molar-refractivity contribution in [3.63, 3.8) is 0 Å². The van der Waals surface area contributed by atoms with Crippen molar-refractivity contribution in [1.29, 1.82) is 0 Å². The molecule has 0 N–H and O–H groups in total. The van der Waals surface area contributed by atoms with Crippen molar-refractivity contribution in [3.05, 3.63) is 59.6 Å². The van der Waals surface area contributed by atoms with E-state index in [1.807, 2.05) is 18.9 Å². The minimum absolute atomic E-state index is 0.0162. The Labute approximate surface area is 175 Å². The molecule has 4 heteroatoms. The molecule has 3 atom stereocenters. The summed E-state index contributed by atoms with van der Waals surface area (Å²) >= 11 is 1.74. The SMILES string of the molecule is CSC(C)C(C)C(=O)N(C)C1=CN(C2=CC=CC(C)CC=C2)CCCC=C1C. The van der Waals surface area contributed by atoms with Gasteiger partial charge in [-0.15, -0.1) is 0 Å². The number of allylic oxidation sites excluding steroid dienone is 7. The fraction of sp³-hybridized carbons (Fsp3) is 0.542. The van der Waals surface area contributed by atoms with Crippen LogP contribution in [-0.2, 0) is 4.79 Å². The van der Waals surface area contributed by atoms with Crippen LogP contribution in [0.2, 0.25) is 0 Å². The molecule has 2 rings (SSSR count). The van der Waals surface area contributed by atoms with E-state index in [1.165, 1.54) is 11.3 Å². The number of nitrogens with zero attached hydrogens (tertiary/aromatic N) is 2. The molecule has 1 aliphatic carbocycles. The fourth-order valence-corrected chi connectivity index (χ4v) is 3.98. The molecule has 0 saturated heterocycles. The summed E-state index contributed by atoms with van der Waals surface area (Å²) in [6.45, 7) is 9.46. The van der Waals surface area contributed by atoms with Crippen LogP contribution in [-0.4, -0.2) is 40.8 Å². The smallest absolute Gasteiger partial charge is 0.230 e. The van der Waals surface area contributed by atoms with E-state index in [0.717, 1.165) is 31.5 Å². The average Bonchev–Trinajstić information content (AvgIpc) is 2.66. The summed E-state index contributed by atoms with van der Waals surface area (Å²) in [6.07, 6.45) is 20.8. The van der Waals surface area contributed by atoms with Crippen LogP contribution < -0.4 is 0 Å². The van der Waals surface area contributed by atoms with Crippen molar-refractivity contribution < 1.29 is 4.79 Å². The molecule has 1 amide bonds. The number of rotatable bonds is 5. The Balaban J connectivity index is 2.35. The first kappa shape index (κ1) is 22.6. The summed E-state index contributed by atoms with van der Waals surface area (Å²) in [5, 5.41) is 0.299. The van der Waals surface area contributed by atoms with E-state index in [-0.39, 0.29) is 11.8 Å². The lowest BCUT2D eigenvalue weighted by Gasteiger charge is -2.31. The van der Waals surface area contributed by atoms with Crippen molar-refractivity contribution in [2.45, 2.75) is 52.2 Å². The quantitative estimate of drug-likeness (QED) is 0.587. The van der Waals surface area contributed by atoms with Crippen LogP contribution in [0.25, 0.3) is 0 Å². The maximum atomic E-state index is 13.1. The van der Waals surface area contributed by atoms with Gasteiger partial charge in [0.15, 0.2) is 0 Å². The molecule has 0 aromatic heterocycles. The van der Waals surface area contributed by atoms with Gasteiger partial charge < -0.3 is 9.80 Å². The number of likely N-dealkylation sites (N-methyl/N-ethyl adjacent to an activating group) is 1. The molecule has 0 fully saturated rings. The maximum absolute atomic E-state index is 13.1. The van der Waals surface area contributed by atoms with E-state index < -0.39 is 0 Å². The van der Waals surface area contributed by atoms with Gasteiger partial charge in [0.1, 0.15) is 0 Å². The van der Waals surface area contributed by atoms with Gasteiger partial charge >= 0.3 is 0 Å². The first-order chi connectivity index (χ1) is 13.3. The molecule has 154 valence electrons. The molecule has 1 aliphatic heterocycles. The van der Waals surface area contributed by atoms with Crippen molar-refractivity contribution in [1.82, 2.24) is 9.80 Å². The summed E-state index contributed by atoms with van der Waals surface area (Å²) in [5.74, 6) is 0.733. The molecule has 0 bridgehead atoms. The van der Waals surface area contributed by atoms with Crippen LogP contribution in [0, 0.1) is 11.8 Å². The van der Waals surface area contributed by atoms with Crippen LogP contribution in [0.1, 0.15) is 47.0 Å². The zero-order chi connectivity index (χ0) is 20.7. The summed E-state index contributed by atoms with van der Waals surface area (Å²) in [4.78, 5) is 17.2. The Morgan fingerprint density at radius 3 is 2.82 bits per heavy atom. The van der Waals surface area contributed by atoms with E-state index >= 15 is 0 Å². The number of carbonyl (C=O) groups excluding carboxylic acids is 1. The second kappa shape index (κ2) is 10.8. The van der Waals surface area contributed by atoms with Gasteiger partial charge in [0.25, 0.3) is 0 Å².